The third-order valence-corrected chi connectivity index (χ3v) is 6.15. The summed E-state index contributed by atoms with van der Waals surface area (Å²) in [6, 6.07) is 12.1. The smallest absolute Gasteiger partial charge is 0.145 e. The first-order chi connectivity index (χ1) is 15.0. The van der Waals surface area contributed by atoms with Gasteiger partial charge in [0.05, 0.1) is 35.9 Å². The SMILES string of the molecule is COc1ccc(C)cc1N1CC(O)=C(c2nc3ccc(N4CCCCC4)cc3[nH]2)C1=N. The van der Waals surface area contributed by atoms with Gasteiger partial charge in [-0.05, 0) is 62.1 Å². The number of piperidine rings is 1. The van der Waals surface area contributed by atoms with Crippen molar-refractivity contribution in [3.8, 4) is 5.75 Å². The molecule has 3 heterocycles. The van der Waals surface area contributed by atoms with Crippen LogP contribution in [-0.2, 0) is 0 Å². The number of hydrogen-bond acceptors (Lipinski definition) is 5. The molecule has 1 fully saturated rings. The topological polar surface area (TPSA) is 88.5 Å². The number of aromatic nitrogens is 2. The van der Waals surface area contributed by atoms with Gasteiger partial charge in [0.2, 0.25) is 0 Å². The van der Waals surface area contributed by atoms with E-state index in [0.29, 0.717) is 17.1 Å². The Morgan fingerprint density at radius 3 is 2.68 bits per heavy atom. The van der Waals surface area contributed by atoms with E-state index in [4.69, 9.17) is 10.1 Å². The summed E-state index contributed by atoms with van der Waals surface area (Å²) in [5.41, 5.74) is 5.18. The van der Waals surface area contributed by atoms with Crippen LogP contribution in [0.3, 0.4) is 0 Å². The Labute approximate surface area is 181 Å². The normalized spacial score (nSPS) is 17.2. The Morgan fingerprint density at radius 1 is 1.10 bits per heavy atom. The number of aliphatic hydroxyl groups excluding tert-OH is 1. The van der Waals surface area contributed by atoms with Crippen LogP contribution in [0.4, 0.5) is 11.4 Å². The van der Waals surface area contributed by atoms with Crippen LogP contribution < -0.4 is 14.5 Å². The molecule has 0 unspecified atom stereocenters. The highest BCUT2D eigenvalue weighted by Crippen LogP contribution is 2.36. The van der Waals surface area contributed by atoms with Gasteiger partial charge in [0.15, 0.2) is 0 Å². The second-order valence-corrected chi connectivity index (χ2v) is 8.27. The van der Waals surface area contributed by atoms with E-state index < -0.39 is 0 Å². The molecular weight excluding hydrogens is 390 g/mol. The van der Waals surface area contributed by atoms with Crippen LogP contribution in [-0.4, -0.2) is 47.7 Å². The molecule has 2 aromatic carbocycles. The number of ether oxygens (including phenoxy) is 1. The maximum absolute atomic E-state index is 10.7. The van der Waals surface area contributed by atoms with E-state index in [1.807, 2.05) is 31.2 Å². The molecule has 0 saturated carbocycles. The zero-order chi connectivity index (χ0) is 21.5. The molecule has 0 aliphatic carbocycles. The van der Waals surface area contributed by atoms with E-state index in [1.165, 1.54) is 24.9 Å². The lowest BCUT2D eigenvalue weighted by molar-refractivity contribution is 0.406. The van der Waals surface area contributed by atoms with Gasteiger partial charge >= 0.3 is 0 Å². The Hall–Kier alpha value is -3.48. The highest BCUT2D eigenvalue weighted by Gasteiger charge is 2.32. The lowest BCUT2D eigenvalue weighted by Crippen LogP contribution is -2.29. The molecule has 7 heteroatoms. The Bertz CT molecular complexity index is 1190. The Morgan fingerprint density at radius 2 is 1.90 bits per heavy atom. The molecule has 1 aromatic heterocycles. The highest BCUT2D eigenvalue weighted by atomic mass is 16.5. The molecule has 160 valence electrons. The fourth-order valence-corrected chi connectivity index (χ4v) is 4.51. The summed E-state index contributed by atoms with van der Waals surface area (Å²) in [5.74, 6) is 1.52. The number of nitrogens with one attached hydrogen (secondary N) is 2. The van der Waals surface area contributed by atoms with Gasteiger partial charge in [-0.3, -0.25) is 5.41 Å². The van der Waals surface area contributed by atoms with Gasteiger partial charge in [0.25, 0.3) is 0 Å². The number of rotatable bonds is 4. The molecule has 0 amide bonds. The number of aliphatic hydroxyl groups is 1. The molecule has 1 saturated heterocycles. The van der Waals surface area contributed by atoms with Gasteiger partial charge in [0, 0.05) is 18.8 Å². The molecule has 0 radical (unpaired) electrons. The van der Waals surface area contributed by atoms with Crippen molar-refractivity contribution in [3.63, 3.8) is 0 Å². The van der Waals surface area contributed by atoms with Crippen molar-refractivity contribution in [2.75, 3.05) is 36.5 Å². The average Bonchev–Trinajstić information content (AvgIpc) is 3.33. The first kappa shape index (κ1) is 19.5. The standard InChI is InChI=1S/C24H27N5O2/c1-15-6-9-21(31-2)19(12-15)29-14-20(30)22(23(29)25)24-26-17-8-7-16(13-18(17)27-24)28-10-4-3-5-11-28/h6-9,12-13,25,30H,3-5,10-11,14H2,1-2H3,(H,26,27). The molecule has 0 bridgehead atoms. The number of aromatic amines is 1. The Kier molecular flexibility index (Phi) is 4.81. The molecule has 0 spiro atoms. The first-order valence-corrected chi connectivity index (χ1v) is 10.7. The van der Waals surface area contributed by atoms with E-state index in [2.05, 4.69) is 27.0 Å². The summed E-state index contributed by atoms with van der Waals surface area (Å²) >= 11 is 0. The second-order valence-electron chi connectivity index (χ2n) is 8.27. The van der Waals surface area contributed by atoms with E-state index in [0.717, 1.165) is 35.4 Å². The summed E-state index contributed by atoms with van der Waals surface area (Å²) in [7, 11) is 1.61. The first-order valence-electron chi connectivity index (χ1n) is 10.7. The van der Waals surface area contributed by atoms with Crippen molar-refractivity contribution in [2.24, 2.45) is 0 Å². The molecule has 31 heavy (non-hydrogen) atoms. The number of H-pyrrole nitrogens is 1. The number of nitrogens with zero attached hydrogens (tertiary/aromatic N) is 3. The number of benzene rings is 2. The van der Waals surface area contributed by atoms with Gasteiger partial charge in [0.1, 0.15) is 23.2 Å². The van der Waals surface area contributed by atoms with Crippen molar-refractivity contribution < 1.29 is 9.84 Å². The Balaban J connectivity index is 1.47. The van der Waals surface area contributed by atoms with E-state index in [1.54, 1.807) is 12.0 Å². The van der Waals surface area contributed by atoms with E-state index in [9.17, 15) is 5.11 Å². The van der Waals surface area contributed by atoms with Crippen molar-refractivity contribution >= 4 is 33.8 Å². The molecule has 3 aromatic rings. The van der Waals surface area contributed by atoms with Crippen molar-refractivity contribution in [1.29, 1.82) is 5.41 Å². The lowest BCUT2D eigenvalue weighted by Gasteiger charge is -2.28. The number of amidine groups is 1. The van der Waals surface area contributed by atoms with Crippen LogP contribution in [0.2, 0.25) is 0 Å². The minimum Gasteiger partial charge on any atom is -0.509 e. The summed E-state index contributed by atoms with van der Waals surface area (Å²) < 4.78 is 5.49. The molecular formula is C24H27N5O2. The number of imidazole rings is 1. The van der Waals surface area contributed by atoms with Crippen LogP contribution in [0.25, 0.3) is 16.6 Å². The second kappa shape index (κ2) is 7.65. The zero-order valence-electron chi connectivity index (χ0n) is 17.9. The lowest BCUT2D eigenvalue weighted by atomic mass is 10.1. The molecule has 2 aliphatic heterocycles. The maximum atomic E-state index is 10.7. The van der Waals surface area contributed by atoms with Crippen molar-refractivity contribution in [3.05, 3.63) is 53.5 Å². The van der Waals surface area contributed by atoms with Crippen molar-refractivity contribution in [2.45, 2.75) is 26.2 Å². The molecule has 0 atom stereocenters. The number of anilines is 2. The molecule has 2 aliphatic rings. The van der Waals surface area contributed by atoms with Gasteiger partial charge < -0.3 is 24.6 Å². The van der Waals surface area contributed by atoms with Crippen LogP contribution in [0.1, 0.15) is 30.7 Å². The predicted molar refractivity (Wildman–Crippen MR) is 125 cm³/mol. The summed E-state index contributed by atoms with van der Waals surface area (Å²) in [6.45, 7) is 4.37. The van der Waals surface area contributed by atoms with Crippen LogP contribution >= 0.6 is 0 Å². The van der Waals surface area contributed by atoms with Crippen LogP contribution in [0.15, 0.2) is 42.2 Å². The number of methoxy groups -OCH3 is 1. The number of aryl methyl sites for hydroxylation is 1. The minimum atomic E-state index is 0.129. The summed E-state index contributed by atoms with van der Waals surface area (Å²) in [4.78, 5) is 12.2. The van der Waals surface area contributed by atoms with Crippen LogP contribution in [0.5, 0.6) is 5.75 Å². The fraction of sp³-hybridized carbons (Fsp3) is 0.333. The van der Waals surface area contributed by atoms with Crippen LogP contribution in [0, 0.1) is 12.3 Å². The predicted octanol–water partition coefficient (Wildman–Crippen LogP) is 4.64. The van der Waals surface area contributed by atoms with Gasteiger partial charge in [-0.1, -0.05) is 6.07 Å². The fourth-order valence-electron chi connectivity index (χ4n) is 4.51. The van der Waals surface area contributed by atoms with Crippen molar-refractivity contribution in [1.82, 2.24) is 9.97 Å². The monoisotopic (exact) mass is 417 g/mol. The quantitative estimate of drug-likeness (QED) is 0.576. The molecule has 7 nitrogen and oxygen atoms in total. The van der Waals surface area contributed by atoms with E-state index in [-0.39, 0.29) is 18.1 Å². The highest BCUT2D eigenvalue weighted by molar-refractivity contribution is 6.30. The summed E-state index contributed by atoms with van der Waals surface area (Å²) in [5, 5.41) is 19.5. The van der Waals surface area contributed by atoms with Gasteiger partial charge in [-0.25, -0.2) is 4.98 Å². The van der Waals surface area contributed by atoms with E-state index >= 15 is 0 Å². The molecule has 3 N–H and O–H groups in total. The third-order valence-electron chi connectivity index (χ3n) is 6.15. The average molecular weight is 418 g/mol. The van der Waals surface area contributed by atoms with Gasteiger partial charge in [-0.2, -0.15) is 0 Å². The number of hydrogen-bond donors (Lipinski definition) is 3. The number of fused-ring (bicyclic) bond motifs is 1. The molecule has 5 rings (SSSR count). The minimum absolute atomic E-state index is 0.129. The zero-order valence-corrected chi connectivity index (χ0v) is 17.9. The van der Waals surface area contributed by atoms with Gasteiger partial charge in [-0.15, -0.1) is 0 Å². The largest absolute Gasteiger partial charge is 0.509 e. The summed E-state index contributed by atoms with van der Waals surface area (Å²) in [6.07, 6.45) is 3.75. The third kappa shape index (κ3) is 3.40. The maximum Gasteiger partial charge on any atom is 0.145 e.